The maximum Gasteiger partial charge on any atom is 0.166 e. The number of methoxy groups -OCH3 is 2. The van der Waals surface area contributed by atoms with Gasteiger partial charge in [0.25, 0.3) is 0 Å². The summed E-state index contributed by atoms with van der Waals surface area (Å²) in [5.41, 5.74) is 6.61. The Bertz CT molecular complexity index is 664. The second-order valence-electron chi connectivity index (χ2n) is 4.38. The molecule has 6 heteroatoms. The van der Waals surface area contributed by atoms with Gasteiger partial charge in [0.05, 0.1) is 19.2 Å². The van der Waals surface area contributed by atoms with Gasteiger partial charge >= 0.3 is 0 Å². The number of anilines is 1. The van der Waals surface area contributed by atoms with Crippen LogP contribution in [0.4, 0.5) is 10.1 Å². The Balaban J connectivity index is 2.55. The van der Waals surface area contributed by atoms with Gasteiger partial charge in [-0.2, -0.15) is 0 Å². The number of aliphatic hydroxyl groups excluding tert-OH is 1. The first-order valence-electron chi connectivity index (χ1n) is 6.13. The Morgan fingerprint density at radius 3 is 2.52 bits per heavy atom. The molecule has 1 atom stereocenters. The fourth-order valence-corrected chi connectivity index (χ4v) is 2.28. The summed E-state index contributed by atoms with van der Waals surface area (Å²) >= 11 is 5.75. The molecule has 2 rings (SSSR count). The Morgan fingerprint density at radius 2 is 1.90 bits per heavy atom. The van der Waals surface area contributed by atoms with Crippen molar-refractivity contribution in [2.24, 2.45) is 0 Å². The Labute approximate surface area is 126 Å². The van der Waals surface area contributed by atoms with Crippen molar-refractivity contribution >= 4 is 17.3 Å². The molecule has 0 aliphatic heterocycles. The van der Waals surface area contributed by atoms with Gasteiger partial charge in [-0.1, -0.05) is 23.7 Å². The zero-order chi connectivity index (χ0) is 15.6. The first-order valence-corrected chi connectivity index (χ1v) is 6.50. The molecular weight excluding hydrogens is 297 g/mol. The minimum absolute atomic E-state index is 0.106. The molecule has 2 aromatic carbocycles. The zero-order valence-corrected chi connectivity index (χ0v) is 12.3. The number of hydrogen-bond acceptors (Lipinski definition) is 4. The van der Waals surface area contributed by atoms with Crippen molar-refractivity contribution in [3.05, 3.63) is 52.3 Å². The van der Waals surface area contributed by atoms with E-state index in [1.165, 1.54) is 20.3 Å². The van der Waals surface area contributed by atoms with E-state index in [-0.39, 0.29) is 10.7 Å². The van der Waals surface area contributed by atoms with Crippen LogP contribution < -0.4 is 15.2 Å². The Kier molecular flexibility index (Phi) is 4.55. The van der Waals surface area contributed by atoms with E-state index in [0.29, 0.717) is 22.6 Å². The number of hydrogen-bond donors (Lipinski definition) is 2. The third kappa shape index (κ3) is 2.89. The Hall–Kier alpha value is -1.98. The number of ether oxygens (including phenoxy) is 2. The molecule has 0 fully saturated rings. The van der Waals surface area contributed by atoms with Crippen LogP contribution in [0.25, 0.3) is 0 Å². The number of nitrogen functional groups attached to an aromatic ring is 1. The predicted molar refractivity (Wildman–Crippen MR) is 79.4 cm³/mol. The van der Waals surface area contributed by atoms with Gasteiger partial charge in [-0.05, 0) is 18.2 Å². The maximum atomic E-state index is 13.4. The van der Waals surface area contributed by atoms with E-state index < -0.39 is 11.9 Å². The minimum atomic E-state index is -1.12. The first kappa shape index (κ1) is 15.4. The molecule has 4 nitrogen and oxygen atoms in total. The fourth-order valence-electron chi connectivity index (χ4n) is 2.11. The topological polar surface area (TPSA) is 64.7 Å². The summed E-state index contributed by atoms with van der Waals surface area (Å²) in [5, 5.41) is 10.4. The largest absolute Gasteiger partial charge is 0.493 e. The van der Waals surface area contributed by atoms with Crippen molar-refractivity contribution in [3.8, 4) is 11.5 Å². The third-order valence-corrected chi connectivity index (χ3v) is 3.44. The van der Waals surface area contributed by atoms with Crippen molar-refractivity contribution in [1.29, 1.82) is 0 Å². The van der Waals surface area contributed by atoms with Gasteiger partial charge < -0.3 is 20.3 Å². The molecule has 2 aromatic rings. The van der Waals surface area contributed by atoms with Crippen LogP contribution >= 0.6 is 11.6 Å². The van der Waals surface area contributed by atoms with Crippen LogP contribution in [-0.4, -0.2) is 19.3 Å². The SMILES string of the molecule is COc1cccc(C(O)c2cc(Cl)c(F)cc2N)c1OC. The summed E-state index contributed by atoms with van der Waals surface area (Å²) in [6, 6.07) is 7.46. The predicted octanol–water partition coefficient (Wildman–Crippen LogP) is 3.16. The molecule has 0 bridgehead atoms. The molecule has 0 heterocycles. The second-order valence-corrected chi connectivity index (χ2v) is 4.79. The van der Waals surface area contributed by atoms with Gasteiger partial charge in [0.2, 0.25) is 0 Å². The van der Waals surface area contributed by atoms with Crippen LogP contribution in [-0.2, 0) is 0 Å². The second kappa shape index (κ2) is 6.20. The minimum Gasteiger partial charge on any atom is -0.493 e. The maximum absolute atomic E-state index is 13.4. The van der Waals surface area contributed by atoms with Gasteiger partial charge in [-0.25, -0.2) is 4.39 Å². The molecule has 0 radical (unpaired) electrons. The van der Waals surface area contributed by atoms with Gasteiger partial charge in [0.1, 0.15) is 11.9 Å². The Morgan fingerprint density at radius 1 is 1.19 bits per heavy atom. The lowest BCUT2D eigenvalue weighted by atomic mass is 9.98. The molecule has 0 saturated carbocycles. The molecule has 112 valence electrons. The standard InChI is InChI=1S/C15H15ClFNO3/c1-20-13-5-3-4-8(15(13)21-2)14(19)9-6-10(16)11(17)7-12(9)18/h3-7,14,19H,18H2,1-2H3. The van der Waals surface area contributed by atoms with E-state index in [4.69, 9.17) is 26.8 Å². The molecule has 3 N–H and O–H groups in total. The van der Waals surface area contributed by atoms with Gasteiger partial charge in [0.15, 0.2) is 11.5 Å². The summed E-state index contributed by atoms with van der Waals surface area (Å²) in [4.78, 5) is 0. The van der Waals surface area contributed by atoms with Crippen molar-refractivity contribution in [2.45, 2.75) is 6.10 Å². The lowest BCUT2D eigenvalue weighted by molar-refractivity contribution is 0.213. The highest BCUT2D eigenvalue weighted by Crippen LogP contribution is 2.39. The first-order chi connectivity index (χ1) is 9.99. The molecule has 0 aliphatic rings. The summed E-state index contributed by atoms with van der Waals surface area (Å²) in [5.74, 6) is 0.218. The van der Waals surface area contributed by atoms with E-state index in [1.54, 1.807) is 18.2 Å². The summed E-state index contributed by atoms with van der Waals surface area (Å²) in [7, 11) is 2.96. The number of aliphatic hydroxyl groups is 1. The van der Waals surface area contributed by atoms with Crippen molar-refractivity contribution in [3.63, 3.8) is 0 Å². The normalized spacial score (nSPS) is 12.0. The van der Waals surface area contributed by atoms with Crippen LogP contribution in [0.5, 0.6) is 11.5 Å². The van der Waals surface area contributed by atoms with Crippen molar-refractivity contribution in [1.82, 2.24) is 0 Å². The lowest BCUT2D eigenvalue weighted by Crippen LogP contribution is -2.07. The van der Waals surface area contributed by atoms with Crippen LogP contribution in [0.2, 0.25) is 5.02 Å². The molecule has 0 saturated heterocycles. The van der Waals surface area contributed by atoms with E-state index in [2.05, 4.69) is 0 Å². The number of rotatable bonds is 4. The van der Waals surface area contributed by atoms with Crippen LogP contribution in [0.3, 0.4) is 0 Å². The smallest absolute Gasteiger partial charge is 0.166 e. The molecule has 21 heavy (non-hydrogen) atoms. The summed E-state index contributed by atoms with van der Waals surface area (Å²) < 4.78 is 23.8. The highest BCUT2D eigenvalue weighted by atomic mass is 35.5. The molecule has 1 unspecified atom stereocenters. The zero-order valence-electron chi connectivity index (χ0n) is 11.6. The van der Waals surface area contributed by atoms with E-state index in [0.717, 1.165) is 6.07 Å². The van der Waals surface area contributed by atoms with Crippen molar-refractivity contribution in [2.75, 3.05) is 20.0 Å². The average Bonchev–Trinajstić information content (AvgIpc) is 2.49. The van der Waals surface area contributed by atoms with Crippen molar-refractivity contribution < 1.29 is 19.0 Å². The fraction of sp³-hybridized carbons (Fsp3) is 0.200. The van der Waals surface area contributed by atoms with Gasteiger partial charge in [-0.3, -0.25) is 0 Å². The molecule has 0 spiro atoms. The molecular formula is C15H15ClFNO3. The molecule has 0 amide bonds. The van der Waals surface area contributed by atoms with Crippen LogP contribution in [0, 0.1) is 5.82 Å². The highest BCUT2D eigenvalue weighted by molar-refractivity contribution is 6.30. The highest BCUT2D eigenvalue weighted by Gasteiger charge is 2.21. The van der Waals surface area contributed by atoms with E-state index >= 15 is 0 Å². The van der Waals surface area contributed by atoms with E-state index in [9.17, 15) is 9.50 Å². The molecule has 0 aromatic heterocycles. The summed E-state index contributed by atoms with van der Waals surface area (Å²) in [6.45, 7) is 0. The van der Waals surface area contributed by atoms with Gasteiger partial charge in [-0.15, -0.1) is 0 Å². The number of para-hydroxylation sites is 1. The van der Waals surface area contributed by atoms with E-state index in [1.807, 2.05) is 0 Å². The number of nitrogens with two attached hydrogens (primary N) is 1. The monoisotopic (exact) mass is 311 g/mol. The lowest BCUT2D eigenvalue weighted by Gasteiger charge is -2.19. The molecule has 0 aliphatic carbocycles. The average molecular weight is 312 g/mol. The quantitative estimate of drug-likeness (QED) is 0.851. The third-order valence-electron chi connectivity index (χ3n) is 3.15. The number of benzene rings is 2. The van der Waals surface area contributed by atoms with Crippen LogP contribution in [0.1, 0.15) is 17.2 Å². The van der Waals surface area contributed by atoms with Gasteiger partial charge in [0, 0.05) is 16.8 Å². The van der Waals surface area contributed by atoms with Crippen LogP contribution in [0.15, 0.2) is 30.3 Å². The number of halogens is 2. The summed E-state index contributed by atoms with van der Waals surface area (Å²) in [6.07, 6.45) is -1.12.